The molecular weight excluding hydrogens is 459 g/mol. The van der Waals surface area contributed by atoms with E-state index in [4.69, 9.17) is 0 Å². The van der Waals surface area contributed by atoms with Crippen molar-refractivity contribution >= 4 is 8.07 Å². The Bertz CT molecular complexity index is 910. The predicted molar refractivity (Wildman–Crippen MR) is 161 cm³/mol. The maximum atomic E-state index is 14.7. The molecule has 0 aromatic heterocycles. The Labute approximate surface area is 224 Å². The van der Waals surface area contributed by atoms with Gasteiger partial charge < -0.3 is 5.11 Å². The first kappa shape index (κ1) is 32.7. The number of rotatable bonds is 13. The third-order valence-electron chi connectivity index (χ3n) is 7.45. The second kappa shape index (κ2) is 14.5. The van der Waals surface area contributed by atoms with Crippen LogP contribution in [0.1, 0.15) is 113 Å². The molecule has 204 valence electrons. The maximum absolute atomic E-state index is 14.7. The second-order valence-corrected chi connectivity index (χ2v) is 19.0. The van der Waals surface area contributed by atoms with Crippen LogP contribution in [-0.2, 0) is 0 Å². The largest absolute Gasteiger partial charge is 0.386 e. The summed E-state index contributed by atoms with van der Waals surface area (Å²) in [5.41, 5.74) is 5.60. The van der Waals surface area contributed by atoms with Gasteiger partial charge in [0.05, 0.1) is 19.5 Å². The zero-order valence-corrected chi connectivity index (χ0v) is 26.3. The minimum Gasteiger partial charge on any atom is -0.386 e. The van der Waals surface area contributed by atoms with Crippen LogP contribution in [-0.4, -0.2) is 18.8 Å². The Kier molecular flexibility index (Phi) is 13.2. The number of hydrogen-bond acceptors (Lipinski definition) is 1. The molecule has 0 amide bonds. The third-order valence-corrected chi connectivity index (χ3v) is 8.69. The fourth-order valence-corrected chi connectivity index (χ4v) is 5.19. The Hall–Kier alpha value is -1.37. The van der Waals surface area contributed by atoms with E-state index < -0.39 is 13.7 Å². The summed E-state index contributed by atoms with van der Waals surface area (Å²) in [7, 11) is -1.09. The molecular formula is C33H55FOSi. The molecule has 1 atom stereocenters. The van der Waals surface area contributed by atoms with E-state index in [0.717, 1.165) is 69.4 Å². The molecule has 0 spiro atoms. The number of hydrogen-bond donors (Lipinski definition) is 1. The Balaban J connectivity index is 2.45. The molecule has 1 unspecified atom stereocenters. The fourth-order valence-electron chi connectivity index (χ4n) is 4.53. The van der Waals surface area contributed by atoms with E-state index in [1.807, 2.05) is 13.8 Å². The van der Waals surface area contributed by atoms with Crippen molar-refractivity contribution in [3.05, 3.63) is 45.8 Å². The average Bonchev–Trinajstić information content (AvgIpc) is 3.03. The number of aliphatic hydroxyl groups is 1. The van der Waals surface area contributed by atoms with Crippen LogP contribution >= 0.6 is 0 Å². The topological polar surface area (TPSA) is 20.2 Å². The molecule has 36 heavy (non-hydrogen) atoms. The van der Waals surface area contributed by atoms with Gasteiger partial charge in [-0.05, 0) is 103 Å². The van der Waals surface area contributed by atoms with Crippen molar-refractivity contribution in [2.75, 3.05) is 0 Å². The van der Waals surface area contributed by atoms with E-state index >= 15 is 0 Å². The molecule has 0 radical (unpaired) electrons. The number of halogens is 1. The van der Waals surface area contributed by atoms with Gasteiger partial charge in [0.2, 0.25) is 0 Å². The van der Waals surface area contributed by atoms with Gasteiger partial charge in [0.15, 0.2) is 0 Å². The van der Waals surface area contributed by atoms with Crippen molar-refractivity contribution in [1.82, 2.24) is 0 Å². The fraction of sp³-hybridized carbons (Fsp3) is 0.697. The zero-order valence-electron chi connectivity index (χ0n) is 25.3. The van der Waals surface area contributed by atoms with Crippen molar-refractivity contribution in [1.29, 1.82) is 0 Å². The van der Waals surface area contributed by atoms with Gasteiger partial charge in [0, 0.05) is 18.9 Å². The smallest absolute Gasteiger partial charge is 0.0991 e. The Morgan fingerprint density at radius 1 is 1.03 bits per heavy atom. The molecule has 0 aliphatic heterocycles. The van der Waals surface area contributed by atoms with Gasteiger partial charge in [-0.15, -0.1) is 11.8 Å². The monoisotopic (exact) mass is 514 g/mol. The van der Waals surface area contributed by atoms with Crippen molar-refractivity contribution in [3.8, 4) is 11.8 Å². The molecule has 0 saturated carbocycles. The third kappa shape index (κ3) is 13.3. The van der Waals surface area contributed by atoms with Crippen LogP contribution < -0.4 is 0 Å². The van der Waals surface area contributed by atoms with Gasteiger partial charge in [0.1, 0.15) is 0 Å². The van der Waals surface area contributed by atoms with E-state index in [9.17, 15) is 9.50 Å². The summed E-state index contributed by atoms with van der Waals surface area (Å²) >= 11 is 0. The molecule has 1 aliphatic rings. The predicted octanol–water partition coefficient (Wildman–Crippen LogP) is 10.5. The van der Waals surface area contributed by atoms with Crippen LogP contribution in [0.2, 0.25) is 25.7 Å². The molecule has 0 aromatic carbocycles. The first-order valence-electron chi connectivity index (χ1n) is 14.0. The van der Waals surface area contributed by atoms with Gasteiger partial charge >= 0.3 is 0 Å². The lowest BCUT2D eigenvalue weighted by atomic mass is 9.85. The van der Waals surface area contributed by atoms with Crippen LogP contribution in [0, 0.1) is 17.3 Å². The lowest BCUT2D eigenvalue weighted by Gasteiger charge is -2.21. The standard InChI is InChI=1S/C33H55FOSi/c1-26(17-19-30-28(3)21-24-33(30,7)35)14-13-15-31(34)29(4)18-16-27(2)20-23-32(5,6)22-11-12-25-36(8,9)10/h14,20,35H,13,15-19,21-25H2,1-10H3/b26-14+,27-20+,31-29?. The quantitative estimate of drug-likeness (QED) is 0.147. The summed E-state index contributed by atoms with van der Waals surface area (Å²) in [6.45, 7) is 22.0. The molecule has 0 heterocycles. The lowest BCUT2D eigenvalue weighted by Crippen LogP contribution is -2.23. The zero-order chi connectivity index (χ0) is 27.6. The average molecular weight is 515 g/mol. The molecule has 1 rings (SSSR count). The first-order chi connectivity index (χ1) is 16.5. The van der Waals surface area contributed by atoms with Crippen LogP contribution in [0.15, 0.2) is 45.8 Å². The van der Waals surface area contributed by atoms with E-state index in [-0.39, 0.29) is 11.2 Å². The SMILES string of the molecule is CC(CC/C(C)=C/CC(C)(C)CC#CC[Si](C)(C)C)=C(F)CC/C=C(\C)CCC1=C(C)CCC1(C)O. The van der Waals surface area contributed by atoms with Crippen molar-refractivity contribution in [2.24, 2.45) is 5.41 Å². The highest BCUT2D eigenvalue weighted by atomic mass is 28.3. The Morgan fingerprint density at radius 3 is 2.25 bits per heavy atom. The van der Waals surface area contributed by atoms with Gasteiger partial charge in [-0.3, -0.25) is 0 Å². The van der Waals surface area contributed by atoms with E-state index in [1.165, 1.54) is 22.3 Å². The summed E-state index contributed by atoms with van der Waals surface area (Å²) in [5.74, 6) is 6.85. The summed E-state index contributed by atoms with van der Waals surface area (Å²) in [6, 6.07) is 1.08. The Morgan fingerprint density at radius 2 is 1.67 bits per heavy atom. The minimum absolute atomic E-state index is 0.0436. The molecule has 0 fully saturated rings. The van der Waals surface area contributed by atoms with E-state index in [2.05, 4.69) is 78.3 Å². The molecule has 1 nitrogen and oxygen atoms in total. The number of allylic oxidation sites excluding steroid dienone is 7. The summed E-state index contributed by atoms with van der Waals surface area (Å²) < 4.78 is 14.7. The molecule has 1 aliphatic carbocycles. The van der Waals surface area contributed by atoms with Crippen LogP contribution in [0.3, 0.4) is 0 Å². The first-order valence-corrected chi connectivity index (χ1v) is 17.8. The van der Waals surface area contributed by atoms with Gasteiger partial charge in [-0.2, -0.15) is 0 Å². The van der Waals surface area contributed by atoms with Gasteiger partial charge in [0.25, 0.3) is 0 Å². The maximum Gasteiger partial charge on any atom is 0.0991 e. The van der Waals surface area contributed by atoms with Crippen LogP contribution in [0.4, 0.5) is 4.39 Å². The molecule has 0 aromatic rings. The molecule has 1 N–H and O–H groups in total. The van der Waals surface area contributed by atoms with Crippen molar-refractivity contribution in [2.45, 2.75) is 144 Å². The van der Waals surface area contributed by atoms with Crippen molar-refractivity contribution in [3.63, 3.8) is 0 Å². The normalized spacial score (nSPS) is 20.4. The highest BCUT2D eigenvalue weighted by Crippen LogP contribution is 2.38. The molecule has 3 heteroatoms. The molecule has 0 saturated heterocycles. The van der Waals surface area contributed by atoms with Crippen LogP contribution in [0.5, 0.6) is 0 Å². The van der Waals surface area contributed by atoms with E-state index in [0.29, 0.717) is 6.42 Å². The lowest BCUT2D eigenvalue weighted by molar-refractivity contribution is 0.0964. The highest BCUT2D eigenvalue weighted by molar-refractivity contribution is 6.76. The minimum atomic E-state index is -1.09. The summed E-state index contributed by atoms with van der Waals surface area (Å²) in [4.78, 5) is 0. The molecule has 0 bridgehead atoms. The van der Waals surface area contributed by atoms with Gasteiger partial charge in [-0.25, -0.2) is 4.39 Å². The summed E-state index contributed by atoms with van der Waals surface area (Å²) in [6.07, 6.45) is 13.1. The van der Waals surface area contributed by atoms with Gasteiger partial charge in [-0.1, -0.05) is 62.4 Å². The second-order valence-electron chi connectivity index (χ2n) is 13.5. The van der Waals surface area contributed by atoms with Crippen molar-refractivity contribution < 1.29 is 9.50 Å². The summed E-state index contributed by atoms with van der Waals surface area (Å²) in [5, 5.41) is 10.5. The van der Waals surface area contributed by atoms with Crippen LogP contribution in [0.25, 0.3) is 0 Å². The highest BCUT2D eigenvalue weighted by Gasteiger charge is 2.32. The van der Waals surface area contributed by atoms with E-state index in [1.54, 1.807) is 0 Å².